The Morgan fingerprint density at radius 2 is 1.96 bits per heavy atom. The SMILES string of the molecule is CC[C@@H]1CSC2=N[C@@H](c3ccccn3)[C@H](c3cccn3-c3ccc(O)cc3)N21. The summed E-state index contributed by atoms with van der Waals surface area (Å²) in [5, 5.41) is 10.8. The van der Waals surface area contributed by atoms with Crippen LogP contribution in [0.15, 0.2) is 72.0 Å². The number of amidine groups is 1. The van der Waals surface area contributed by atoms with Gasteiger partial charge in [-0.25, -0.2) is 0 Å². The Labute approximate surface area is 168 Å². The molecule has 0 saturated carbocycles. The van der Waals surface area contributed by atoms with Gasteiger partial charge in [0.15, 0.2) is 5.17 Å². The zero-order valence-electron chi connectivity index (χ0n) is 15.6. The van der Waals surface area contributed by atoms with Crippen molar-refractivity contribution >= 4 is 16.9 Å². The van der Waals surface area contributed by atoms with Crippen LogP contribution in [0.5, 0.6) is 5.75 Å². The second kappa shape index (κ2) is 7.02. The quantitative estimate of drug-likeness (QED) is 0.710. The number of hydrogen-bond donors (Lipinski definition) is 1. The molecular weight excluding hydrogens is 368 g/mol. The average molecular weight is 391 g/mol. The van der Waals surface area contributed by atoms with E-state index in [0.717, 1.165) is 28.7 Å². The lowest BCUT2D eigenvalue weighted by atomic mass is 9.99. The summed E-state index contributed by atoms with van der Waals surface area (Å²) < 4.78 is 2.20. The molecule has 0 radical (unpaired) electrons. The summed E-state index contributed by atoms with van der Waals surface area (Å²) in [6.07, 6.45) is 5.02. The van der Waals surface area contributed by atoms with Gasteiger partial charge < -0.3 is 14.6 Å². The van der Waals surface area contributed by atoms with Gasteiger partial charge in [0.1, 0.15) is 17.8 Å². The Balaban J connectivity index is 1.62. The standard InChI is InChI=1S/C22H22N4OS/c1-2-15-14-28-22-24-20(18-6-3-4-12-23-18)21(26(15)22)19-7-5-13-25(19)16-8-10-17(27)11-9-16/h3-13,15,20-21,27H,2,14H2,1H3/t15-,20+,21+/m1/s1. The zero-order chi connectivity index (χ0) is 19.1. The van der Waals surface area contributed by atoms with E-state index in [4.69, 9.17) is 4.99 Å². The summed E-state index contributed by atoms with van der Waals surface area (Å²) in [5.41, 5.74) is 3.23. The van der Waals surface area contributed by atoms with E-state index < -0.39 is 0 Å². The summed E-state index contributed by atoms with van der Waals surface area (Å²) in [6.45, 7) is 2.25. The third-order valence-electron chi connectivity index (χ3n) is 5.54. The van der Waals surface area contributed by atoms with Crippen LogP contribution in [0.25, 0.3) is 5.69 Å². The van der Waals surface area contributed by atoms with Crippen LogP contribution in [0.2, 0.25) is 0 Å². The number of phenolic OH excluding ortho intramolecular Hbond substituents is 1. The molecule has 1 aromatic carbocycles. The molecule has 0 aliphatic carbocycles. The number of aromatic hydroxyl groups is 1. The molecular formula is C22H22N4OS. The molecule has 4 heterocycles. The van der Waals surface area contributed by atoms with E-state index in [1.807, 2.05) is 42.2 Å². The Morgan fingerprint density at radius 1 is 1.11 bits per heavy atom. The molecule has 0 spiro atoms. The number of phenols is 1. The van der Waals surface area contributed by atoms with Gasteiger partial charge in [0.25, 0.3) is 0 Å². The average Bonchev–Trinajstić information content (AvgIpc) is 3.44. The lowest BCUT2D eigenvalue weighted by molar-refractivity contribution is 0.249. The molecule has 3 atom stereocenters. The number of hydrogen-bond acceptors (Lipinski definition) is 5. The molecule has 5 rings (SSSR count). The molecule has 0 unspecified atom stereocenters. The third kappa shape index (κ3) is 2.79. The minimum Gasteiger partial charge on any atom is -0.508 e. The molecule has 2 aliphatic rings. The number of aromatic nitrogens is 2. The number of pyridine rings is 1. The van der Waals surface area contributed by atoms with Gasteiger partial charge in [0, 0.05) is 35.6 Å². The van der Waals surface area contributed by atoms with Crippen molar-refractivity contribution in [1.29, 1.82) is 0 Å². The first kappa shape index (κ1) is 17.4. The lowest BCUT2D eigenvalue weighted by Gasteiger charge is -2.32. The second-order valence-corrected chi connectivity index (χ2v) is 8.14. The molecule has 2 aliphatic heterocycles. The van der Waals surface area contributed by atoms with Gasteiger partial charge in [-0.05, 0) is 55.0 Å². The van der Waals surface area contributed by atoms with E-state index in [0.29, 0.717) is 6.04 Å². The maximum absolute atomic E-state index is 9.67. The molecule has 5 nitrogen and oxygen atoms in total. The number of aliphatic imine (C=N–C) groups is 1. The van der Waals surface area contributed by atoms with E-state index >= 15 is 0 Å². The lowest BCUT2D eigenvalue weighted by Crippen LogP contribution is -2.36. The van der Waals surface area contributed by atoms with Crippen LogP contribution in [-0.2, 0) is 0 Å². The minimum atomic E-state index is -0.0242. The molecule has 2 aromatic heterocycles. The largest absolute Gasteiger partial charge is 0.508 e. The van der Waals surface area contributed by atoms with Gasteiger partial charge in [-0.3, -0.25) is 9.98 Å². The Morgan fingerprint density at radius 3 is 2.71 bits per heavy atom. The number of nitrogens with zero attached hydrogens (tertiary/aromatic N) is 4. The van der Waals surface area contributed by atoms with Crippen LogP contribution in [0.4, 0.5) is 0 Å². The van der Waals surface area contributed by atoms with Crippen molar-refractivity contribution in [2.24, 2.45) is 4.99 Å². The Kier molecular flexibility index (Phi) is 4.36. The summed E-state index contributed by atoms with van der Waals surface area (Å²) in [6, 6.07) is 18.2. The van der Waals surface area contributed by atoms with E-state index in [1.165, 1.54) is 5.69 Å². The van der Waals surface area contributed by atoms with E-state index in [9.17, 15) is 5.11 Å². The fourth-order valence-corrected chi connectivity index (χ4v) is 5.49. The van der Waals surface area contributed by atoms with Crippen LogP contribution < -0.4 is 0 Å². The van der Waals surface area contributed by atoms with Crippen LogP contribution in [0, 0.1) is 0 Å². The Bertz CT molecular complexity index is 999. The maximum Gasteiger partial charge on any atom is 0.160 e. The summed E-state index contributed by atoms with van der Waals surface area (Å²) >= 11 is 1.85. The van der Waals surface area contributed by atoms with Crippen molar-refractivity contribution in [3.63, 3.8) is 0 Å². The predicted octanol–water partition coefficient (Wildman–Crippen LogP) is 4.56. The molecule has 0 bridgehead atoms. The summed E-state index contributed by atoms with van der Waals surface area (Å²) in [5.74, 6) is 1.36. The minimum absolute atomic E-state index is 0.0242. The summed E-state index contributed by atoms with van der Waals surface area (Å²) in [7, 11) is 0. The van der Waals surface area contributed by atoms with Gasteiger partial charge in [0.2, 0.25) is 0 Å². The highest BCUT2D eigenvalue weighted by atomic mass is 32.2. The van der Waals surface area contributed by atoms with Gasteiger partial charge in [-0.15, -0.1) is 0 Å². The van der Waals surface area contributed by atoms with Gasteiger partial charge in [0.05, 0.1) is 5.69 Å². The van der Waals surface area contributed by atoms with Crippen LogP contribution >= 0.6 is 11.8 Å². The Hall–Kier alpha value is -2.73. The zero-order valence-corrected chi connectivity index (χ0v) is 16.5. The van der Waals surface area contributed by atoms with Crippen LogP contribution in [-0.4, -0.2) is 36.5 Å². The van der Waals surface area contributed by atoms with Crippen molar-refractivity contribution < 1.29 is 5.11 Å². The first-order chi connectivity index (χ1) is 13.8. The van der Waals surface area contributed by atoms with E-state index in [2.05, 4.69) is 45.8 Å². The molecule has 6 heteroatoms. The highest BCUT2D eigenvalue weighted by Gasteiger charge is 2.46. The van der Waals surface area contributed by atoms with Gasteiger partial charge in [-0.1, -0.05) is 24.8 Å². The predicted molar refractivity (Wildman–Crippen MR) is 113 cm³/mol. The molecule has 3 aromatic rings. The maximum atomic E-state index is 9.67. The normalized spacial score (nSPS) is 23.7. The highest BCUT2D eigenvalue weighted by molar-refractivity contribution is 8.14. The number of fused-ring (bicyclic) bond motifs is 1. The van der Waals surface area contributed by atoms with Gasteiger partial charge in [-0.2, -0.15) is 0 Å². The van der Waals surface area contributed by atoms with Crippen molar-refractivity contribution in [3.8, 4) is 11.4 Å². The highest BCUT2D eigenvalue weighted by Crippen LogP contribution is 2.48. The topological polar surface area (TPSA) is 53.6 Å². The van der Waals surface area contributed by atoms with Crippen molar-refractivity contribution in [2.75, 3.05) is 5.75 Å². The van der Waals surface area contributed by atoms with Gasteiger partial charge >= 0.3 is 0 Å². The first-order valence-electron chi connectivity index (χ1n) is 9.63. The van der Waals surface area contributed by atoms with Crippen LogP contribution in [0.3, 0.4) is 0 Å². The molecule has 0 amide bonds. The number of rotatable bonds is 4. The number of benzene rings is 1. The summed E-state index contributed by atoms with van der Waals surface area (Å²) in [4.78, 5) is 12.2. The second-order valence-electron chi connectivity index (χ2n) is 7.16. The first-order valence-corrected chi connectivity index (χ1v) is 10.6. The van der Waals surface area contributed by atoms with Crippen molar-refractivity contribution in [1.82, 2.24) is 14.5 Å². The van der Waals surface area contributed by atoms with E-state index in [1.54, 1.807) is 12.1 Å². The fourth-order valence-electron chi connectivity index (χ4n) is 4.15. The van der Waals surface area contributed by atoms with Crippen molar-refractivity contribution in [2.45, 2.75) is 31.5 Å². The molecule has 1 fully saturated rings. The smallest absolute Gasteiger partial charge is 0.160 e. The fraction of sp³-hybridized carbons (Fsp3) is 0.273. The monoisotopic (exact) mass is 390 g/mol. The third-order valence-corrected chi connectivity index (χ3v) is 6.67. The molecule has 142 valence electrons. The molecule has 28 heavy (non-hydrogen) atoms. The molecule has 1 N–H and O–H groups in total. The number of thioether (sulfide) groups is 1. The van der Waals surface area contributed by atoms with Crippen molar-refractivity contribution in [3.05, 3.63) is 78.4 Å². The van der Waals surface area contributed by atoms with Crippen LogP contribution in [0.1, 0.15) is 36.8 Å². The molecule has 1 saturated heterocycles. The van der Waals surface area contributed by atoms with E-state index in [-0.39, 0.29) is 17.8 Å².